The first kappa shape index (κ1) is 23.6. The van der Waals surface area contributed by atoms with E-state index >= 15 is 0 Å². The van der Waals surface area contributed by atoms with Gasteiger partial charge in [-0.2, -0.15) is 0 Å². The number of carbonyl (C=O) groups is 3. The minimum absolute atomic E-state index is 0.000341. The van der Waals surface area contributed by atoms with Gasteiger partial charge in [0.25, 0.3) is 5.91 Å². The summed E-state index contributed by atoms with van der Waals surface area (Å²) in [5.74, 6) is -0.753. The summed E-state index contributed by atoms with van der Waals surface area (Å²) >= 11 is 0. The Labute approximate surface area is 188 Å². The summed E-state index contributed by atoms with van der Waals surface area (Å²) in [5, 5.41) is 5.11. The Morgan fingerprint density at radius 1 is 1.09 bits per heavy atom. The second-order valence-corrected chi connectivity index (χ2v) is 9.75. The maximum absolute atomic E-state index is 13.1. The Balaban J connectivity index is 1.74. The number of sulfonamides is 1. The van der Waals surface area contributed by atoms with E-state index < -0.39 is 22.0 Å². The molecule has 0 spiro atoms. The number of hydrogen-bond donors (Lipinski definition) is 1. The number of primary sulfonamides is 1. The average molecular weight is 458 g/mol. The van der Waals surface area contributed by atoms with Crippen molar-refractivity contribution in [1.29, 1.82) is 0 Å². The van der Waals surface area contributed by atoms with Gasteiger partial charge >= 0.3 is 0 Å². The van der Waals surface area contributed by atoms with Gasteiger partial charge in [0.1, 0.15) is 6.04 Å². The highest BCUT2D eigenvalue weighted by atomic mass is 32.2. The van der Waals surface area contributed by atoms with Crippen LogP contribution in [0.15, 0.2) is 53.4 Å². The van der Waals surface area contributed by atoms with Crippen LogP contribution in [0, 0.1) is 0 Å². The number of nitrogens with zero attached hydrogens (tertiary/aromatic N) is 2. The van der Waals surface area contributed by atoms with Gasteiger partial charge in [0.2, 0.25) is 21.8 Å². The van der Waals surface area contributed by atoms with Crippen molar-refractivity contribution in [1.82, 2.24) is 4.90 Å². The van der Waals surface area contributed by atoms with Gasteiger partial charge in [0.15, 0.2) is 0 Å². The van der Waals surface area contributed by atoms with E-state index in [4.69, 9.17) is 5.14 Å². The van der Waals surface area contributed by atoms with Crippen LogP contribution in [0.5, 0.6) is 0 Å². The summed E-state index contributed by atoms with van der Waals surface area (Å²) in [5.41, 5.74) is 2.37. The molecule has 1 unspecified atom stereocenters. The normalized spacial score (nSPS) is 16.7. The highest BCUT2D eigenvalue weighted by Crippen LogP contribution is 2.27. The Hall–Kier alpha value is -3.04. The smallest absolute Gasteiger partial charge is 0.257 e. The first-order valence-corrected chi connectivity index (χ1v) is 11.9. The van der Waals surface area contributed by atoms with E-state index in [1.54, 1.807) is 24.3 Å². The monoisotopic (exact) mass is 457 g/mol. The number of imide groups is 1. The number of nitrogens with two attached hydrogens (primary N) is 1. The van der Waals surface area contributed by atoms with E-state index in [1.807, 2.05) is 12.1 Å². The van der Waals surface area contributed by atoms with Crippen molar-refractivity contribution in [2.24, 2.45) is 5.14 Å². The Morgan fingerprint density at radius 2 is 1.69 bits per heavy atom. The van der Waals surface area contributed by atoms with Crippen LogP contribution in [0.3, 0.4) is 0 Å². The van der Waals surface area contributed by atoms with E-state index in [0.717, 1.165) is 16.0 Å². The van der Waals surface area contributed by atoms with Crippen LogP contribution in [-0.4, -0.2) is 43.6 Å². The third-order valence-electron chi connectivity index (χ3n) is 5.61. The summed E-state index contributed by atoms with van der Waals surface area (Å²) in [6.45, 7) is 5.70. The van der Waals surface area contributed by atoms with Crippen LogP contribution in [0.4, 0.5) is 5.69 Å². The molecule has 32 heavy (non-hydrogen) atoms. The van der Waals surface area contributed by atoms with Crippen LogP contribution in [0.1, 0.15) is 44.2 Å². The zero-order chi connectivity index (χ0) is 23.6. The Morgan fingerprint density at radius 3 is 2.19 bits per heavy atom. The standard InChI is InChI=1S/C23H27N3O5S/c1-15(2)18-6-8-19(9-7-18)26-22(28)14-21(23(26)29)25(16(3)27)13-12-17-4-10-20(11-5-17)32(24,30)31/h4-11,15,21H,12-14H2,1-3H3,(H2,24,30,31). The molecule has 9 heteroatoms. The topological polar surface area (TPSA) is 118 Å². The van der Waals surface area contributed by atoms with Crippen molar-refractivity contribution in [3.63, 3.8) is 0 Å². The van der Waals surface area contributed by atoms with Crippen molar-refractivity contribution in [2.75, 3.05) is 11.4 Å². The van der Waals surface area contributed by atoms with E-state index in [2.05, 4.69) is 13.8 Å². The number of hydrogen-bond acceptors (Lipinski definition) is 5. The lowest BCUT2D eigenvalue weighted by atomic mass is 10.0. The molecule has 0 radical (unpaired) electrons. The number of rotatable bonds is 7. The lowest BCUT2D eigenvalue weighted by molar-refractivity contribution is -0.136. The van der Waals surface area contributed by atoms with Crippen LogP contribution >= 0.6 is 0 Å². The summed E-state index contributed by atoms with van der Waals surface area (Å²) in [6, 6.07) is 12.4. The molecule has 0 bridgehead atoms. The lowest BCUT2D eigenvalue weighted by Gasteiger charge is -2.26. The average Bonchev–Trinajstić information content (AvgIpc) is 3.01. The summed E-state index contributed by atoms with van der Waals surface area (Å²) in [7, 11) is -3.78. The quantitative estimate of drug-likeness (QED) is 0.640. The Kier molecular flexibility index (Phi) is 6.80. The third kappa shape index (κ3) is 5.05. The number of carbonyl (C=O) groups excluding carboxylic acids is 3. The van der Waals surface area contributed by atoms with Crippen LogP contribution in [-0.2, 0) is 30.8 Å². The molecule has 2 aromatic carbocycles. The van der Waals surface area contributed by atoms with Crippen molar-refractivity contribution in [3.05, 3.63) is 59.7 Å². The maximum atomic E-state index is 13.1. The van der Waals surface area contributed by atoms with E-state index in [-0.39, 0.29) is 29.7 Å². The molecule has 3 amide bonds. The molecule has 1 aliphatic heterocycles. The van der Waals surface area contributed by atoms with E-state index in [9.17, 15) is 22.8 Å². The van der Waals surface area contributed by atoms with Gasteiger partial charge in [-0.1, -0.05) is 38.1 Å². The van der Waals surface area contributed by atoms with Gasteiger partial charge in [-0.15, -0.1) is 0 Å². The van der Waals surface area contributed by atoms with Crippen molar-refractivity contribution >= 4 is 33.4 Å². The molecule has 0 aromatic heterocycles. The second kappa shape index (κ2) is 9.22. The van der Waals surface area contributed by atoms with Gasteiger partial charge in [-0.25, -0.2) is 18.5 Å². The summed E-state index contributed by atoms with van der Waals surface area (Å²) in [6.07, 6.45) is 0.320. The molecule has 2 N–H and O–H groups in total. The minimum atomic E-state index is -3.78. The third-order valence-corrected chi connectivity index (χ3v) is 6.54. The van der Waals surface area contributed by atoms with Crippen molar-refractivity contribution in [3.8, 4) is 0 Å². The van der Waals surface area contributed by atoms with Gasteiger partial charge in [-0.05, 0) is 47.7 Å². The summed E-state index contributed by atoms with van der Waals surface area (Å²) in [4.78, 5) is 40.6. The zero-order valence-corrected chi connectivity index (χ0v) is 19.1. The molecule has 1 heterocycles. The lowest BCUT2D eigenvalue weighted by Crippen LogP contribution is -2.45. The molecule has 1 saturated heterocycles. The molecular formula is C23H27N3O5S. The van der Waals surface area contributed by atoms with Gasteiger partial charge in [-0.3, -0.25) is 14.4 Å². The Bertz CT molecular complexity index is 1130. The molecule has 1 fully saturated rings. The fraction of sp³-hybridized carbons (Fsp3) is 0.348. The van der Waals surface area contributed by atoms with Crippen LogP contribution in [0.2, 0.25) is 0 Å². The maximum Gasteiger partial charge on any atom is 0.257 e. The molecule has 1 aliphatic rings. The molecule has 2 aromatic rings. The SMILES string of the molecule is CC(=O)N(CCc1ccc(S(N)(=O)=O)cc1)C1CC(=O)N(c2ccc(C(C)C)cc2)C1=O. The zero-order valence-electron chi connectivity index (χ0n) is 18.3. The first-order chi connectivity index (χ1) is 15.0. The van der Waals surface area contributed by atoms with Crippen LogP contribution in [0.25, 0.3) is 0 Å². The van der Waals surface area contributed by atoms with Crippen molar-refractivity contribution in [2.45, 2.75) is 50.5 Å². The fourth-order valence-corrected chi connectivity index (χ4v) is 4.28. The van der Waals surface area contributed by atoms with E-state index in [0.29, 0.717) is 18.0 Å². The molecular weight excluding hydrogens is 430 g/mol. The molecule has 3 rings (SSSR count). The first-order valence-electron chi connectivity index (χ1n) is 10.3. The second-order valence-electron chi connectivity index (χ2n) is 8.18. The highest BCUT2D eigenvalue weighted by Gasteiger charge is 2.43. The highest BCUT2D eigenvalue weighted by molar-refractivity contribution is 7.89. The van der Waals surface area contributed by atoms with Gasteiger partial charge < -0.3 is 4.90 Å². The largest absolute Gasteiger partial charge is 0.330 e. The van der Waals surface area contributed by atoms with E-state index in [1.165, 1.54) is 24.0 Å². The van der Waals surface area contributed by atoms with Gasteiger partial charge in [0.05, 0.1) is 17.0 Å². The van der Waals surface area contributed by atoms with Crippen molar-refractivity contribution < 1.29 is 22.8 Å². The number of amides is 3. The molecule has 0 saturated carbocycles. The molecule has 1 atom stereocenters. The number of anilines is 1. The van der Waals surface area contributed by atoms with Gasteiger partial charge in [0, 0.05) is 13.5 Å². The fourth-order valence-electron chi connectivity index (χ4n) is 3.77. The minimum Gasteiger partial charge on any atom is -0.330 e. The molecule has 170 valence electrons. The van der Waals surface area contributed by atoms with Crippen LogP contribution < -0.4 is 10.0 Å². The summed E-state index contributed by atoms with van der Waals surface area (Å²) < 4.78 is 22.8. The molecule has 0 aliphatic carbocycles. The predicted molar refractivity (Wildman–Crippen MR) is 120 cm³/mol. The molecule has 8 nitrogen and oxygen atoms in total. The predicted octanol–water partition coefficient (Wildman–Crippen LogP) is 2.18. The number of benzene rings is 2.